The van der Waals surface area contributed by atoms with Crippen molar-refractivity contribution >= 4 is 30.9 Å². The van der Waals surface area contributed by atoms with Gasteiger partial charge in [-0.15, -0.1) is 0 Å². The first-order valence-electron chi connectivity index (χ1n) is 7.56. The van der Waals surface area contributed by atoms with Crippen molar-refractivity contribution in [3.05, 3.63) is 0 Å². The average Bonchev–Trinajstić information content (AvgIpc) is 2.40. The van der Waals surface area contributed by atoms with Crippen LogP contribution < -0.4 is 0 Å². The Hall–Kier alpha value is 0.704. The third-order valence-corrected chi connectivity index (χ3v) is 11.0. The van der Waals surface area contributed by atoms with Gasteiger partial charge >= 0.3 is 0 Å². The first kappa shape index (κ1) is 15.1. The van der Waals surface area contributed by atoms with E-state index in [0.29, 0.717) is 0 Å². The maximum Gasteiger partial charge on any atom is 0.0794 e. The van der Waals surface area contributed by atoms with Crippen molar-refractivity contribution in [2.75, 3.05) is 18.6 Å². The third-order valence-electron chi connectivity index (χ3n) is 4.87. The Morgan fingerprint density at radius 2 is 1.72 bits per heavy atom. The number of ether oxygens (including phenoxy) is 2. The molecule has 0 spiro atoms. The Morgan fingerprint density at radius 3 is 2.17 bits per heavy atom. The Labute approximate surface area is 121 Å². The molecule has 2 saturated heterocycles. The molecule has 0 amide bonds. The van der Waals surface area contributed by atoms with Gasteiger partial charge in [0.1, 0.15) is 0 Å². The molecule has 0 N–H and O–H groups in total. The number of hydrogen-bond acceptors (Lipinski definition) is 3. The van der Waals surface area contributed by atoms with Gasteiger partial charge < -0.3 is 9.47 Å². The van der Waals surface area contributed by atoms with Crippen LogP contribution in [0.5, 0.6) is 0 Å². The minimum Gasteiger partial charge on any atom is -0.377 e. The molecule has 2 nitrogen and oxygen atoms in total. The lowest BCUT2D eigenvalue weighted by Crippen LogP contribution is -2.69. The largest absolute Gasteiger partial charge is 0.377 e. The van der Waals surface area contributed by atoms with E-state index in [4.69, 9.17) is 9.47 Å². The van der Waals surface area contributed by atoms with Crippen LogP contribution in [0.15, 0.2) is 0 Å². The average molecular weight is 305 g/mol. The molecule has 0 aliphatic carbocycles. The highest BCUT2D eigenvalue weighted by Crippen LogP contribution is 2.44. The molecule has 106 valence electrons. The Balaban J connectivity index is 2.29. The van der Waals surface area contributed by atoms with E-state index in [1.54, 1.807) is 0 Å². The maximum absolute atomic E-state index is 6.46. The highest BCUT2D eigenvalue weighted by Gasteiger charge is 2.55. The van der Waals surface area contributed by atoms with E-state index in [-0.39, 0.29) is 20.0 Å². The normalized spacial score (nSPS) is 38.7. The Morgan fingerprint density at radius 1 is 1.06 bits per heavy atom. The van der Waals surface area contributed by atoms with E-state index >= 15 is 0 Å². The summed E-state index contributed by atoms with van der Waals surface area (Å²) in [7, 11) is -1.23. The molecule has 2 rings (SSSR count). The highest BCUT2D eigenvalue weighted by molar-refractivity contribution is 7.81. The molecule has 0 aromatic rings. The zero-order valence-electron chi connectivity index (χ0n) is 11.9. The SMILES string of the molecule is C[SiH](C)C1(C2([SiH2]CS)CCCCO2)CCCCO1. The van der Waals surface area contributed by atoms with Crippen LogP contribution in [0, 0.1) is 0 Å². The van der Waals surface area contributed by atoms with Gasteiger partial charge in [0.15, 0.2) is 0 Å². The van der Waals surface area contributed by atoms with Crippen molar-refractivity contribution in [1.82, 2.24) is 0 Å². The van der Waals surface area contributed by atoms with Crippen molar-refractivity contribution < 1.29 is 9.47 Å². The monoisotopic (exact) mass is 304 g/mol. The molecular weight excluding hydrogens is 276 g/mol. The van der Waals surface area contributed by atoms with Crippen molar-refractivity contribution in [3.8, 4) is 0 Å². The van der Waals surface area contributed by atoms with E-state index < -0.39 is 8.80 Å². The second-order valence-corrected chi connectivity index (χ2v) is 12.8. The van der Waals surface area contributed by atoms with E-state index in [9.17, 15) is 0 Å². The first-order chi connectivity index (χ1) is 8.67. The Kier molecular flexibility index (Phi) is 5.40. The summed E-state index contributed by atoms with van der Waals surface area (Å²) in [5, 5.41) is 1.29. The van der Waals surface area contributed by atoms with E-state index in [1.165, 1.54) is 38.5 Å². The van der Waals surface area contributed by atoms with Gasteiger partial charge in [0.2, 0.25) is 0 Å². The van der Waals surface area contributed by atoms with E-state index in [1.807, 2.05) is 0 Å². The standard InChI is InChI=1S/C13H28O2SSi2/c1-18(2)13(8-4-6-10-15-13)12(17-11-16)7-3-5-9-14-12/h16,18H,3-11,17H2,1-2H3. The molecule has 2 unspecified atom stereocenters. The summed E-state index contributed by atoms with van der Waals surface area (Å²) in [4.78, 5) is 0. The first-order valence-corrected chi connectivity index (χ1v) is 12.8. The predicted molar refractivity (Wildman–Crippen MR) is 86.3 cm³/mol. The molecular formula is C13H28O2SSi2. The van der Waals surface area contributed by atoms with Crippen molar-refractivity contribution in [3.63, 3.8) is 0 Å². The van der Waals surface area contributed by atoms with Crippen LogP contribution in [0.2, 0.25) is 13.1 Å². The van der Waals surface area contributed by atoms with Crippen molar-refractivity contribution in [2.24, 2.45) is 0 Å². The summed E-state index contributed by atoms with van der Waals surface area (Å²) in [6.45, 7) is 6.82. The van der Waals surface area contributed by atoms with Crippen molar-refractivity contribution in [1.29, 1.82) is 0 Å². The summed E-state index contributed by atoms with van der Waals surface area (Å²) in [6, 6.07) is 0. The smallest absolute Gasteiger partial charge is 0.0794 e. The highest BCUT2D eigenvalue weighted by atomic mass is 32.1. The predicted octanol–water partition coefficient (Wildman–Crippen LogP) is 1.90. The van der Waals surface area contributed by atoms with Gasteiger partial charge in [0.25, 0.3) is 0 Å². The fraction of sp³-hybridized carbons (Fsp3) is 1.00. The van der Waals surface area contributed by atoms with Gasteiger partial charge in [0.05, 0.1) is 28.8 Å². The van der Waals surface area contributed by atoms with Crippen LogP contribution in [0.4, 0.5) is 0 Å². The quantitative estimate of drug-likeness (QED) is 0.632. The molecule has 0 saturated carbocycles. The lowest BCUT2D eigenvalue weighted by molar-refractivity contribution is -0.162. The second-order valence-electron chi connectivity index (χ2n) is 6.12. The topological polar surface area (TPSA) is 18.5 Å². The molecule has 5 heteroatoms. The summed E-state index contributed by atoms with van der Waals surface area (Å²) in [6.07, 6.45) is 7.62. The number of thiol groups is 1. The number of hydrogen-bond donors (Lipinski definition) is 1. The molecule has 2 fully saturated rings. The van der Waals surface area contributed by atoms with Gasteiger partial charge in [-0.05, 0) is 43.9 Å². The van der Waals surface area contributed by atoms with Crippen molar-refractivity contribution in [2.45, 2.75) is 62.1 Å². The maximum atomic E-state index is 6.46. The number of rotatable bonds is 4. The van der Waals surface area contributed by atoms with Gasteiger partial charge in [-0.1, -0.05) is 13.1 Å². The molecule has 0 aromatic heterocycles. The summed E-state index contributed by atoms with van der Waals surface area (Å²) in [5.74, 6) is 0. The van der Waals surface area contributed by atoms with Gasteiger partial charge in [0, 0.05) is 13.2 Å². The van der Waals surface area contributed by atoms with Gasteiger partial charge in [-0.2, -0.15) is 12.6 Å². The molecule has 2 aliphatic rings. The zero-order valence-corrected chi connectivity index (χ0v) is 15.4. The molecule has 0 aromatic carbocycles. The van der Waals surface area contributed by atoms with Crippen LogP contribution in [0.25, 0.3) is 0 Å². The lowest BCUT2D eigenvalue weighted by Gasteiger charge is -2.55. The molecule has 2 heterocycles. The molecule has 2 aliphatic heterocycles. The Bertz CT molecular complexity index is 256. The van der Waals surface area contributed by atoms with Gasteiger partial charge in [-0.3, -0.25) is 0 Å². The van der Waals surface area contributed by atoms with Crippen LogP contribution in [0.3, 0.4) is 0 Å². The summed E-state index contributed by atoms with van der Waals surface area (Å²) < 4.78 is 12.9. The van der Waals surface area contributed by atoms with E-state index in [2.05, 4.69) is 25.7 Å². The molecule has 0 radical (unpaired) electrons. The van der Waals surface area contributed by atoms with Crippen LogP contribution in [0.1, 0.15) is 38.5 Å². The van der Waals surface area contributed by atoms with Crippen LogP contribution in [-0.2, 0) is 9.47 Å². The van der Waals surface area contributed by atoms with E-state index in [0.717, 1.165) is 18.6 Å². The molecule has 2 atom stereocenters. The minimum absolute atomic E-state index is 0.119. The van der Waals surface area contributed by atoms with Gasteiger partial charge in [-0.25, -0.2) is 0 Å². The fourth-order valence-electron chi connectivity index (χ4n) is 3.93. The van der Waals surface area contributed by atoms with Crippen LogP contribution >= 0.6 is 12.6 Å². The van der Waals surface area contributed by atoms with Crippen LogP contribution in [-0.4, -0.2) is 47.4 Å². The molecule has 18 heavy (non-hydrogen) atoms. The lowest BCUT2D eigenvalue weighted by atomic mass is 9.96. The fourth-order valence-corrected chi connectivity index (χ4v) is 11.0. The summed E-state index contributed by atoms with van der Waals surface area (Å²) in [5.41, 5.74) is 0. The summed E-state index contributed by atoms with van der Waals surface area (Å²) >= 11 is 4.55. The molecule has 0 bridgehead atoms. The third kappa shape index (κ3) is 2.61. The second kappa shape index (κ2) is 6.44. The zero-order chi connectivity index (χ0) is 13.1. The minimum atomic E-state index is -0.906.